The quantitative estimate of drug-likeness (QED) is 0.872. The molecule has 0 fully saturated rings. The zero-order valence-electron chi connectivity index (χ0n) is 10.7. The third-order valence-corrected chi connectivity index (χ3v) is 3.23. The Hall–Kier alpha value is -1.61. The normalized spacial score (nSPS) is 10.8. The van der Waals surface area contributed by atoms with Gasteiger partial charge in [0.25, 0.3) is 0 Å². The Balaban J connectivity index is 1.92. The van der Waals surface area contributed by atoms with Crippen LogP contribution in [0.5, 0.6) is 0 Å². The van der Waals surface area contributed by atoms with Crippen LogP contribution in [0.25, 0.3) is 0 Å². The van der Waals surface area contributed by atoms with Gasteiger partial charge in [-0.1, -0.05) is 24.3 Å². The summed E-state index contributed by atoms with van der Waals surface area (Å²) in [5, 5.41) is 7.70. The fourth-order valence-corrected chi connectivity index (χ4v) is 1.86. The Morgan fingerprint density at radius 3 is 2.47 bits per heavy atom. The first-order valence-corrected chi connectivity index (χ1v) is 5.91. The fraction of sp³-hybridized carbons (Fsp3) is 0.357. The second-order valence-corrected chi connectivity index (χ2v) is 4.41. The van der Waals surface area contributed by atoms with Crippen LogP contribution in [0, 0.1) is 13.8 Å². The topological polar surface area (TPSA) is 29.9 Å². The average molecular weight is 229 g/mol. The van der Waals surface area contributed by atoms with Gasteiger partial charge in [0, 0.05) is 31.4 Å². The van der Waals surface area contributed by atoms with Crippen LogP contribution in [0.2, 0.25) is 0 Å². The fourth-order valence-electron chi connectivity index (χ4n) is 1.86. The molecule has 0 aliphatic rings. The lowest BCUT2D eigenvalue weighted by Gasteiger charge is -2.07. The van der Waals surface area contributed by atoms with E-state index in [0.717, 1.165) is 13.1 Å². The zero-order chi connectivity index (χ0) is 12.3. The molecule has 0 aliphatic carbocycles. The van der Waals surface area contributed by atoms with Crippen molar-refractivity contribution in [3.63, 3.8) is 0 Å². The van der Waals surface area contributed by atoms with Gasteiger partial charge in [0.05, 0.1) is 6.20 Å². The maximum atomic E-state index is 4.24. The third kappa shape index (κ3) is 2.74. The molecular weight excluding hydrogens is 210 g/mol. The molecule has 0 amide bonds. The van der Waals surface area contributed by atoms with Gasteiger partial charge in [0.15, 0.2) is 0 Å². The van der Waals surface area contributed by atoms with Gasteiger partial charge in [-0.25, -0.2) is 0 Å². The van der Waals surface area contributed by atoms with Gasteiger partial charge >= 0.3 is 0 Å². The Bertz CT molecular complexity index is 500. The van der Waals surface area contributed by atoms with Crippen molar-refractivity contribution in [3.05, 3.63) is 52.8 Å². The monoisotopic (exact) mass is 229 g/mol. The highest BCUT2D eigenvalue weighted by atomic mass is 15.3. The second-order valence-electron chi connectivity index (χ2n) is 4.41. The number of hydrogen-bond acceptors (Lipinski definition) is 2. The molecule has 0 unspecified atom stereocenters. The van der Waals surface area contributed by atoms with E-state index >= 15 is 0 Å². The molecule has 2 aromatic rings. The van der Waals surface area contributed by atoms with Crippen LogP contribution in [0.4, 0.5) is 0 Å². The Morgan fingerprint density at radius 1 is 1.12 bits per heavy atom. The minimum atomic E-state index is 0.869. The van der Waals surface area contributed by atoms with E-state index in [2.05, 4.69) is 48.5 Å². The smallest absolute Gasteiger partial charge is 0.0537 e. The predicted octanol–water partition coefficient (Wildman–Crippen LogP) is 2.33. The van der Waals surface area contributed by atoms with Crippen molar-refractivity contribution in [2.75, 3.05) is 0 Å². The lowest BCUT2D eigenvalue weighted by molar-refractivity contribution is 0.682. The van der Waals surface area contributed by atoms with Crippen molar-refractivity contribution < 1.29 is 0 Å². The van der Waals surface area contributed by atoms with E-state index in [9.17, 15) is 0 Å². The molecule has 1 heterocycles. The van der Waals surface area contributed by atoms with Gasteiger partial charge in [-0.2, -0.15) is 5.10 Å². The van der Waals surface area contributed by atoms with Crippen molar-refractivity contribution in [1.82, 2.24) is 15.1 Å². The molecule has 0 spiro atoms. The standard InChI is InChI=1S/C14H19N3/c1-11-6-4-5-7-13(11)8-15-9-14-10-16-17(3)12(14)2/h4-7,10,15H,8-9H2,1-3H3. The van der Waals surface area contributed by atoms with Crippen LogP contribution in [0.3, 0.4) is 0 Å². The van der Waals surface area contributed by atoms with E-state index in [1.807, 2.05) is 17.9 Å². The molecule has 0 atom stereocenters. The zero-order valence-corrected chi connectivity index (χ0v) is 10.7. The molecule has 1 N–H and O–H groups in total. The van der Waals surface area contributed by atoms with Crippen LogP contribution in [0.15, 0.2) is 30.5 Å². The predicted molar refractivity (Wildman–Crippen MR) is 69.7 cm³/mol. The highest BCUT2D eigenvalue weighted by Crippen LogP contribution is 2.08. The molecular formula is C14H19N3. The summed E-state index contributed by atoms with van der Waals surface area (Å²) in [6.07, 6.45) is 1.93. The largest absolute Gasteiger partial charge is 0.308 e. The molecule has 2 rings (SSSR count). The maximum absolute atomic E-state index is 4.24. The van der Waals surface area contributed by atoms with Crippen LogP contribution in [-0.2, 0) is 20.1 Å². The first kappa shape index (κ1) is 11.9. The SMILES string of the molecule is Cc1ccccc1CNCc1cnn(C)c1C. The number of hydrogen-bond donors (Lipinski definition) is 1. The molecule has 1 aromatic carbocycles. The summed E-state index contributed by atoms with van der Waals surface area (Å²) >= 11 is 0. The van der Waals surface area contributed by atoms with Crippen molar-refractivity contribution in [2.24, 2.45) is 7.05 Å². The van der Waals surface area contributed by atoms with E-state index in [4.69, 9.17) is 0 Å². The maximum Gasteiger partial charge on any atom is 0.0537 e. The number of nitrogens with one attached hydrogen (secondary N) is 1. The van der Waals surface area contributed by atoms with E-state index < -0.39 is 0 Å². The number of rotatable bonds is 4. The Labute approximate surface area is 102 Å². The molecule has 90 valence electrons. The minimum Gasteiger partial charge on any atom is -0.308 e. The molecule has 1 aromatic heterocycles. The van der Waals surface area contributed by atoms with Crippen LogP contribution in [0.1, 0.15) is 22.4 Å². The summed E-state index contributed by atoms with van der Waals surface area (Å²) in [4.78, 5) is 0. The highest BCUT2D eigenvalue weighted by molar-refractivity contribution is 5.25. The van der Waals surface area contributed by atoms with Crippen LogP contribution >= 0.6 is 0 Å². The van der Waals surface area contributed by atoms with E-state index in [1.165, 1.54) is 22.4 Å². The van der Waals surface area contributed by atoms with Crippen LogP contribution < -0.4 is 5.32 Å². The van der Waals surface area contributed by atoms with Crippen molar-refractivity contribution in [2.45, 2.75) is 26.9 Å². The number of aromatic nitrogens is 2. The van der Waals surface area contributed by atoms with Gasteiger partial charge in [0.2, 0.25) is 0 Å². The van der Waals surface area contributed by atoms with E-state index in [-0.39, 0.29) is 0 Å². The first-order valence-electron chi connectivity index (χ1n) is 5.91. The summed E-state index contributed by atoms with van der Waals surface area (Å²) in [6, 6.07) is 8.47. The van der Waals surface area contributed by atoms with Gasteiger partial charge in [-0.05, 0) is 25.0 Å². The molecule has 0 saturated carbocycles. The van der Waals surface area contributed by atoms with E-state index in [1.54, 1.807) is 0 Å². The molecule has 17 heavy (non-hydrogen) atoms. The van der Waals surface area contributed by atoms with Crippen molar-refractivity contribution >= 4 is 0 Å². The molecule has 0 bridgehead atoms. The molecule has 3 heteroatoms. The highest BCUT2D eigenvalue weighted by Gasteiger charge is 2.03. The summed E-state index contributed by atoms with van der Waals surface area (Å²) in [6.45, 7) is 6.01. The van der Waals surface area contributed by atoms with Gasteiger partial charge < -0.3 is 5.32 Å². The van der Waals surface area contributed by atoms with Crippen molar-refractivity contribution in [1.29, 1.82) is 0 Å². The summed E-state index contributed by atoms with van der Waals surface area (Å²) in [5.74, 6) is 0. The molecule has 0 aliphatic heterocycles. The Kier molecular flexibility index (Phi) is 3.59. The molecule has 0 saturated heterocycles. The van der Waals surface area contributed by atoms with Gasteiger partial charge in [-0.15, -0.1) is 0 Å². The van der Waals surface area contributed by atoms with Crippen molar-refractivity contribution in [3.8, 4) is 0 Å². The molecule has 0 radical (unpaired) electrons. The second kappa shape index (κ2) is 5.15. The van der Waals surface area contributed by atoms with Gasteiger partial charge in [-0.3, -0.25) is 4.68 Å². The third-order valence-electron chi connectivity index (χ3n) is 3.23. The van der Waals surface area contributed by atoms with E-state index in [0.29, 0.717) is 0 Å². The minimum absolute atomic E-state index is 0.869. The lowest BCUT2D eigenvalue weighted by atomic mass is 10.1. The lowest BCUT2D eigenvalue weighted by Crippen LogP contribution is -2.14. The van der Waals surface area contributed by atoms with Crippen LogP contribution in [-0.4, -0.2) is 9.78 Å². The summed E-state index contributed by atoms with van der Waals surface area (Å²) in [5.41, 5.74) is 5.18. The van der Waals surface area contributed by atoms with Gasteiger partial charge in [0.1, 0.15) is 0 Å². The average Bonchev–Trinajstić information content (AvgIpc) is 2.63. The first-order chi connectivity index (χ1) is 8.18. The molecule has 3 nitrogen and oxygen atoms in total. The number of nitrogens with zero attached hydrogens (tertiary/aromatic N) is 2. The summed E-state index contributed by atoms with van der Waals surface area (Å²) < 4.78 is 1.91. The summed E-state index contributed by atoms with van der Waals surface area (Å²) in [7, 11) is 1.97. The number of benzene rings is 1. The Morgan fingerprint density at radius 2 is 1.82 bits per heavy atom. The number of aryl methyl sites for hydroxylation is 2.